The van der Waals surface area contributed by atoms with Crippen LogP contribution < -0.4 is 5.32 Å². The molecule has 0 saturated carbocycles. The Morgan fingerprint density at radius 3 is 3.11 bits per heavy atom. The van der Waals surface area contributed by atoms with Crippen LogP contribution in [0.5, 0.6) is 0 Å². The molecule has 0 aliphatic carbocycles. The molecule has 0 spiro atoms. The lowest BCUT2D eigenvalue weighted by Gasteiger charge is -2.10. The zero-order chi connectivity index (χ0) is 13.0. The summed E-state index contributed by atoms with van der Waals surface area (Å²) in [5.41, 5.74) is 0.683. The number of nitrogens with one attached hydrogen (secondary N) is 1. The van der Waals surface area contributed by atoms with Crippen LogP contribution in [0.2, 0.25) is 5.02 Å². The van der Waals surface area contributed by atoms with Crippen molar-refractivity contribution in [2.75, 3.05) is 25.1 Å². The Bertz CT molecular complexity index is 435. The van der Waals surface area contributed by atoms with Gasteiger partial charge in [0, 0.05) is 16.8 Å². The number of hydrogen-bond acceptors (Lipinski definition) is 3. The van der Waals surface area contributed by atoms with Crippen molar-refractivity contribution < 1.29 is 14.3 Å². The molecule has 1 aromatic rings. The monoisotopic (exact) mass is 333 g/mol. The van der Waals surface area contributed by atoms with Crippen molar-refractivity contribution >= 4 is 39.1 Å². The molecule has 4 nitrogen and oxygen atoms in total. The smallest absolute Gasteiger partial charge is 0.250 e. The maximum atomic E-state index is 11.6. The Morgan fingerprint density at radius 1 is 1.61 bits per heavy atom. The summed E-state index contributed by atoms with van der Waals surface area (Å²) in [4.78, 5) is 11.6. The first kappa shape index (κ1) is 13.8. The SMILES string of the molecule is O=C(CO[C@@H]1CCOC1)Nc1ccc(Cl)c(Br)c1. The van der Waals surface area contributed by atoms with Gasteiger partial charge in [-0.25, -0.2) is 0 Å². The van der Waals surface area contributed by atoms with Gasteiger partial charge in [-0.1, -0.05) is 11.6 Å². The van der Waals surface area contributed by atoms with E-state index in [0.717, 1.165) is 10.9 Å². The van der Waals surface area contributed by atoms with Crippen LogP contribution in [0, 0.1) is 0 Å². The minimum atomic E-state index is -0.184. The number of carbonyl (C=O) groups excluding carboxylic acids is 1. The Hall–Kier alpha value is -0.620. The predicted octanol–water partition coefficient (Wildman–Crippen LogP) is 2.85. The van der Waals surface area contributed by atoms with Gasteiger partial charge in [0.25, 0.3) is 0 Å². The van der Waals surface area contributed by atoms with E-state index in [9.17, 15) is 4.79 Å². The number of ether oxygens (including phenoxy) is 2. The van der Waals surface area contributed by atoms with Gasteiger partial charge >= 0.3 is 0 Å². The number of anilines is 1. The van der Waals surface area contributed by atoms with E-state index in [1.165, 1.54) is 0 Å². The lowest BCUT2D eigenvalue weighted by Crippen LogP contribution is -2.23. The highest BCUT2D eigenvalue weighted by molar-refractivity contribution is 9.10. The topological polar surface area (TPSA) is 47.6 Å². The molecule has 1 aromatic carbocycles. The summed E-state index contributed by atoms with van der Waals surface area (Å²) in [6.45, 7) is 1.31. The van der Waals surface area contributed by atoms with Crippen molar-refractivity contribution in [1.29, 1.82) is 0 Å². The molecule has 0 aromatic heterocycles. The van der Waals surface area contributed by atoms with E-state index in [1.807, 2.05) is 0 Å². The van der Waals surface area contributed by atoms with Crippen LogP contribution in [-0.4, -0.2) is 31.8 Å². The molecule has 1 atom stereocenters. The highest BCUT2D eigenvalue weighted by atomic mass is 79.9. The fourth-order valence-corrected chi connectivity index (χ4v) is 2.11. The summed E-state index contributed by atoms with van der Waals surface area (Å²) in [6.07, 6.45) is 0.882. The second-order valence-corrected chi connectivity index (χ2v) is 5.24. The maximum Gasteiger partial charge on any atom is 0.250 e. The molecule has 0 bridgehead atoms. The van der Waals surface area contributed by atoms with Crippen molar-refractivity contribution in [3.8, 4) is 0 Å². The molecule has 1 aliphatic rings. The largest absolute Gasteiger partial charge is 0.379 e. The molecule has 1 fully saturated rings. The first-order valence-corrected chi connectivity index (χ1v) is 6.76. The van der Waals surface area contributed by atoms with E-state index < -0.39 is 0 Å². The van der Waals surface area contributed by atoms with Gasteiger partial charge in [-0.15, -0.1) is 0 Å². The summed E-state index contributed by atoms with van der Waals surface area (Å²) < 4.78 is 11.3. The maximum absolute atomic E-state index is 11.6. The van der Waals surface area contributed by atoms with E-state index in [0.29, 0.717) is 23.9 Å². The molecule has 18 heavy (non-hydrogen) atoms. The fourth-order valence-electron chi connectivity index (χ4n) is 1.61. The zero-order valence-corrected chi connectivity index (χ0v) is 12.0. The second-order valence-electron chi connectivity index (χ2n) is 3.97. The van der Waals surface area contributed by atoms with Crippen LogP contribution >= 0.6 is 27.5 Å². The quantitative estimate of drug-likeness (QED) is 0.921. The minimum absolute atomic E-state index is 0.0349. The van der Waals surface area contributed by atoms with Gasteiger partial charge in [0.2, 0.25) is 5.91 Å². The van der Waals surface area contributed by atoms with Crippen LogP contribution in [0.25, 0.3) is 0 Å². The molecule has 1 saturated heterocycles. The molecule has 1 heterocycles. The average molecular weight is 335 g/mol. The number of rotatable bonds is 4. The van der Waals surface area contributed by atoms with Gasteiger partial charge in [-0.05, 0) is 40.5 Å². The summed E-state index contributed by atoms with van der Waals surface area (Å²) in [7, 11) is 0. The average Bonchev–Trinajstić information content (AvgIpc) is 2.84. The number of hydrogen-bond donors (Lipinski definition) is 1. The normalized spacial score (nSPS) is 18.9. The number of benzene rings is 1. The number of amides is 1. The summed E-state index contributed by atoms with van der Waals surface area (Å²) in [5.74, 6) is -0.184. The van der Waals surface area contributed by atoms with Crippen LogP contribution in [0.3, 0.4) is 0 Å². The fraction of sp³-hybridized carbons (Fsp3) is 0.417. The highest BCUT2D eigenvalue weighted by Crippen LogP contribution is 2.25. The Morgan fingerprint density at radius 2 is 2.44 bits per heavy atom. The Labute approximate surface area is 119 Å². The third-order valence-electron chi connectivity index (χ3n) is 2.54. The molecule has 0 unspecified atom stereocenters. The predicted molar refractivity (Wildman–Crippen MR) is 73.0 cm³/mol. The lowest BCUT2D eigenvalue weighted by molar-refractivity contribution is -0.122. The molecule has 98 valence electrons. The molecular weight excluding hydrogens is 321 g/mol. The molecule has 2 rings (SSSR count). The third kappa shape index (κ3) is 3.95. The molecule has 1 N–H and O–H groups in total. The molecule has 6 heteroatoms. The van der Waals surface area contributed by atoms with Gasteiger partial charge in [0.1, 0.15) is 6.61 Å². The highest BCUT2D eigenvalue weighted by Gasteiger charge is 2.17. The van der Waals surface area contributed by atoms with Crippen LogP contribution in [0.4, 0.5) is 5.69 Å². The Kier molecular flexibility index (Phi) is 5.00. The van der Waals surface area contributed by atoms with E-state index in [-0.39, 0.29) is 18.6 Å². The van der Waals surface area contributed by atoms with Crippen LogP contribution in [0.1, 0.15) is 6.42 Å². The third-order valence-corrected chi connectivity index (χ3v) is 3.76. The van der Waals surface area contributed by atoms with E-state index in [4.69, 9.17) is 21.1 Å². The van der Waals surface area contributed by atoms with E-state index in [2.05, 4.69) is 21.2 Å². The molecule has 1 amide bonds. The van der Waals surface area contributed by atoms with E-state index >= 15 is 0 Å². The first-order valence-electron chi connectivity index (χ1n) is 5.59. The van der Waals surface area contributed by atoms with Crippen molar-refractivity contribution in [1.82, 2.24) is 0 Å². The van der Waals surface area contributed by atoms with Gasteiger partial charge in [-0.3, -0.25) is 4.79 Å². The first-order chi connectivity index (χ1) is 8.65. The second kappa shape index (κ2) is 6.52. The number of carbonyl (C=O) groups is 1. The Balaban J connectivity index is 1.80. The summed E-state index contributed by atoms with van der Waals surface area (Å²) in [5, 5.41) is 3.34. The zero-order valence-electron chi connectivity index (χ0n) is 9.62. The minimum Gasteiger partial charge on any atom is -0.379 e. The van der Waals surface area contributed by atoms with Gasteiger partial charge in [-0.2, -0.15) is 0 Å². The van der Waals surface area contributed by atoms with Crippen molar-refractivity contribution in [2.45, 2.75) is 12.5 Å². The summed E-state index contributed by atoms with van der Waals surface area (Å²) >= 11 is 9.16. The number of halogens is 2. The van der Waals surface area contributed by atoms with Gasteiger partial charge < -0.3 is 14.8 Å². The van der Waals surface area contributed by atoms with Crippen molar-refractivity contribution in [3.05, 3.63) is 27.7 Å². The summed E-state index contributed by atoms with van der Waals surface area (Å²) in [6, 6.07) is 5.20. The standard InChI is InChI=1S/C12H13BrClNO3/c13-10-5-8(1-2-11(10)14)15-12(16)7-18-9-3-4-17-6-9/h1-2,5,9H,3-4,6-7H2,(H,15,16)/t9-/m1/s1. The molecular formula is C12H13BrClNO3. The van der Waals surface area contributed by atoms with Gasteiger partial charge in [0.15, 0.2) is 0 Å². The van der Waals surface area contributed by atoms with E-state index in [1.54, 1.807) is 18.2 Å². The molecule has 1 aliphatic heterocycles. The molecule has 0 radical (unpaired) electrons. The van der Waals surface area contributed by atoms with Gasteiger partial charge in [0.05, 0.1) is 17.7 Å². The van der Waals surface area contributed by atoms with Crippen molar-refractivity contribution in [3.63, 3.8) is 0 Å². The van der Waals surface area contributed by atoms with Crippen LogP contribution in [-0.2, 0) is 14.3 Å². The lowest BCUT2D eigenvalue weighted by atomic mass is 10.3. The van der Waals surface area contributed by atoms with Crippen molar-refractivity contribution in [2.24, 2.45) is 0 Å². The van der Waals surface area contributed by atoms with Crippen LogP contribution in [0.15, 0.2) is 22.7 Å².